The van der Waals surface area contributed by atoms with E-state index < -0.39 is 6.04 Å². The predicted molar refractivity (Wildman–Crippen MR) is 125 cm³/mol. The summed E-state index contributed by atoms with van der Waals surface area (Å²) >= 11 is 0. The Labute approximate surface area is 191 Å². The molecule has 172 valence electrons. The van der Waals surface area contributed by atoms with Crippen molar-refractivity contribution in [2.45, 2.75) is 32.2 Å². The van der Waals surface area contributed by atoms with Crippen LogP contribution in [0.4, 0.5) is 10.1 Å². The second kappa shape index (κ2) is 9.05. The summed E-state index contributed by atoms with van der Waals surface area (Å²) in [6.45, 7) is 5.65. The number of aromatic nitrogens is 1. The third-order valence-corrected chi connectivity index (χ3v) is 6.44. The number of amides is 3. The summed E-state index contributed by atoms with van der Waals surface area (Å²) in [6.07, 6.45) is 5.49. The zero-order chi connectivity index (χ0) is 23.7. The van der Waals surface area contributed by atoms with Gasteiger partial charge < -0.3 is 20.5 Å². The molecule has 3 amide bonds. The van der Waals surface area contributed by atoms with Gasteiger partial charge in [0.15, 0.2) is 0 Å². The van der Waals surface area contributed by atoms with Gasteiger partial charge >= 0.3 is 0 Å². The fourth-order valence-electron chi connectivity index (χ4n) is 4.34. The van der Waals surface area contributed by atoms with Gasteiger partial charge in [0.1, 0.15) is 11.9 Å². The normalized spacial score (nSPS) is 18.8. The number of hydrogen-bond donors (Lipinski definition) is 3. The Morgan fingerprint density at radius 1 is 1.36 bits per heavy atom. The van der Waals surface area contributed by atoms with Crippen LogP contribution >= 0.6 is 0 Å². The molecule has 8 heteroatoms. The Kier molecular flexibility index (Phi) is 6.18. The maximum atomic E-state index is 13.7. The lowest BCUT2D eigenvalue weighted by Crippen LogP contribution is -2.46. The smallest absolute Gasteiger partial charge is 0.256 e. The lowest BCUT2D eigenvalue weighted by atomic mass is 9.88. The van der Waals surface area contributed by atoms with Crippen molar-refractivity contribution in [1.29, 1.82) is 0 Å². The number of nitrogens with one attached hydrogen (secondary N) is 3. The number of rotatable bonds is 6. The minimum Gasteiger partial charge on any atom is -0.359 e. The van der Waals surface area contributed by atoms with Crippen LogP contribution in [0, 0.1) is 11.7 Å². The van der Waals surface area contributed by atoms with E-state index in [1.54, 1.807) is 26.1 Å². The molecule has 33 heavy (non-hydrogen) atoms. The van der Waals surface area contributed by atoms with Crippen molar-refractivity contribution in [3.05, 3.63) is 65.3 Å². The lowest BCUT2D eigenvalue weighted by molar-refractivity contribution is -0.135. The molecule has 2 aromatic rings. The third-order valence-electron chi connectivity index (χ3n) is 6.44. The van der Waals surface area contributed by atoms with Crippen LogP contribution in [0.1, 0.15) is 35.9 Å². The molecule has 1 aromatic heterocycles. The van der Waals surface area contributed by atoms with Crippen molar-refractivity contribution in [3.63, 3.8) is 0 Å². The summed E-state index contributed by atoms with van der Waals surface area (Å²) < 4.78 is 13.7. The summed E-state index contributed by atoms with van der Waals surface area (Å²) in [6, 6.07) is 5.70. The molecule has 0 saturated carbocycles. The molecule has 2 heterocycles. The number of likely N-dealkylation sites (N-methyl/N-ethyl adjacent to an activating group) is 1. The molecule has 0 radical (unpaired) electrons. The molecule has 2 aliphatic rings. The highest BCUT2D eigenvalue weighted by Gasteiger charge is 2.27. The molecule has 2 atom stereocenters. The average Bonchev–Trinajstić information content (AvgIpc) is 3.35. The molecule has 0 spiro atoms. The molecule has 1 aliphatic heterocycles. The highest BCUT2D eigenvalue weighted by Crippen LogP contribution is 2.34. The fourth-order valence-corrected chi connectivity index (χ4v) is 4.34. The van der Waals surface area contributed by atoms with Gasteiger partial charge in [-0.05, 0) is 74.1 Å². The zero-order valence-electron chi connectivity index (χ0n) is 18.7. The molecular formula is C25H27FN4O3. The highest BCUT2D eigenvalue weighted by molar-refractivity contribution is 6.34. The molecule has 4 rings (SSSR count). The van der Waals surface area contributed by atoms with E-state index in [4.69, 9.17) is 0 Å². The average molecular weight is 451 g/mol. The van der Waals surface area contributed by atoms with Gasteiger partial charge in [-0.1, -0.05) is 6.58 Å². The minimum atomic E-state index is -0.580. The Hall–Kier alpha value is -3.68. The number of halogens is 1. The monoisotopic (exact) mass is 450 g/mol. The van der Waals surface area contributed by atoms with E-state index in [1.165, 1.54) is 28.7 Å². The number of fused-ring (bicyclic) bond motifs is 2. The van der Waals surface area contributed by atoms with Crippen LogP contribution in [0.15, 0.2) is 36.9 Å². The zero-order valence-corrected chi connectivity index (χ0v) is 18.7. The highest BCUT2D eigenvalue weighted by atomic mass is 19.1. The van der Waals surface area contributed by atoms with Gasteiger partial charge in [0, 0.05) is 36.2 Å². The number of aryl methyl sites for hydroxylation is 1. The minimum absolute atomic E-state index is 0.200. The topological polar surface area (TPSA) is 94.3 Å². The van der Waals surface area contributed by atoms with Crippen molar-refractivity contribution < 1.29 is 18.8 Å². The molecule has 1 aliphatic carbocycles. The fraction of sp³-hybridized carbons (Fsp3) is 0.320. The summed E-state index contributed by atoms with van der Waals surface area (Å²) in [5.41, 5.74) is 4.66. The summed E-state index contributed by atoms with van der Waals surface area (Å²) in [5, 5.41) is 5.71. The number of benzene rings is 1. The number of aromatic amines is 1. The molecular weight excluding hydrogens is 423 g/mol. The first kappa shape index (κ1) is 22.5. The van der Waals surface area contributed by atoms with Gasteiger partial charge in [-0.25, -0.2) is 4.39 Å². The molecule has 0 unspecified atom stereocenters. The van der Waals surface area contributed by atoms with Gasteiger partial charge in [0.2, 0.25) is 11.8 Å². The largest absolute Gasteiger partial charge is 0.359 e. The van der Waals surface area contributed by atoms with Gasteiger partial charge in [-0.15, -0.1) is 0 Å². The van der Waals surface area contributed by atoms with E-state index >= 15 is 0 Å². The maximum Gasteiger partial charge on any atom is 0.256 e. The van der Waals surface area contributed by atoms with Crippen LogP contribution in [0.25, 0.3) is 11.6 Å². The number of hydrogen-bond acceptors (Lipinski definition) is 3. The first-order valence-corrected chi connectivity index (χ1v) is 11.0. The van der Waals surface area contributed by atoms with Crippen molar-refractivity contribution in [3.8, 4) is 0 Å². The van der Waals surface area contributed by atoms with Crippen molar-refractivity contribution in [2.24, 2.45) is 5.92 Å². The van der Waals surface area contributed by atoms with E-state index in [-0.39, 0.29) is 29.5 Å². The molecule has 0 saturated heterocycles. The third kappa shape index (κ3) is 4.60. The number of H-pyrrole nitrogens is 1. The lowest BCUT2D eigenvalue weighted by Gasteiger charge is -2.26. The van der Waals surface area contributed by atoms with Crippen molar-refractivity contribution >= 4 is 35.1 Å². The van der Waals surface area contributed by atoms with Gasteiger partial charge in [0.25, 0.3) is 5.91 Å². The number of carbonyl (C=O) groups excluding carboxylic acids is 3. The van der Waals surface area contributed by atoms with Crippen molar-refractivity contribution in [1.82, 2.24) is 15.2 Å². The van der Waals surface area contributed by atoms with E-state index in [2.05, 4.69) is 22.2 Å². The molecule has 0 bridgehead atoms. The van der Waals surface area contributed by atoms with Gasteiger partial charge in [-0.3, -0.25) is 14.4 Å². The van der Waals surface area contributed by atoms with Crippen LogP contribution < -0.4 is 10.6 Å². The summed E-state index contributed by atoms with van der Waals surface area (Å²) in [5.74, 6) is -0.875. The van der Waals surface area contributed by atoms with E-state index in [0.29, 0.717) is 23.4 Å². The second-order valence-corrected chi connectivity index (χ2v) is 8.61. The van der Waals surface area contributed by atoms with Crippen LogP contribution in [0.3, 0.4) is 0 Å². The molecule has 7 nitrogen and oxygen atoms in total. The standard InChI is InChI=1S/C25H27FN4O3/c1-4-23(31)30(3)14(2)24(32)27-13-15-5-6-16-10-18(28-22(16)9-15)12-20-19-11-17(26)7-8-21(19)29-25(20)33/h4,7-8,10-12,14-15,28H,1,5-6,9,13H2,2-3H3,(H,27,32)(H,29,33)/b20-12-/t14-,15-/m0/s1. The first-order chi connectivity index (χ1) is 15.8. The van der Waals surface area contributed by atoms with Crippen LogP contribution in [-0.4, -0.2) is 47.2 Å². The second-order valence-electron chi connectivity index (χ2n) is 8.61. The Morgan fingerprint density at radius 2 is 2.15 bits per heavy atom. The van der Waals surface area contributed by atoms with E-state index in [0.717, 1.165) is 30.7 Å². The van der Waals surface area contributed by atoms with E-state index in [9.17, 15) is 18.8 Å². The van der Waals surface area contributed by atoms with Crippen LogP contribution in [0.5, 0.6) is 0 Å². The number of anilines is 1. The van der Waals surface area contributed by atoms with Crippen molar-refractivity contribution in [2.75, 3.05) is 18.9 Å². The van der Waals surface area contributed by atoms with Crippen LogP contribution in [0.2, 0.25) is 0 Å². The summed E-state index contributed by atoms with van der Waals surface area (Å²) in [7, 11) is 1.58. The Morgan fingerprint density at radius 3 is 2.91 bits per heavy atom. The molecule has 3 N–H and O–H groups in total. The quantitative estimate of drug-likeness (QED) is 0.591. The molecule has 0 fully saturated rings. The number of nitrogens with zero attached hydrogens (tertiary/aromatic N) is 1. The van der Waals surface area contributed by atoms with Crippen LogP contribution in [-0.2, 0) is 27.2 Å². The summed E-state index contributed by atoms with van der Waals surface area (Å²) in [4.78, 5) is 41.2. The predicted octanol–water partition coefficient (Wildman–Crippen LogP) is 2.90. The maximum absolute atomic E-state index is 13.7. The first-order valence-electron chi connectivity index (χ1n) is 11.0. The Balaban J connectivity index is 1.41. The van der Waals surface area contributed by atoms with E-state index in [1.807, 2.05) is 6.07 Å². The number of carbonyl (C=O) groups is 3. The van der Waals surface area contributed by atoms with Gasteiger partial charge in [-0.2, -0.15) is 0 Å². The Bertz CT molecular complexity index is 1170. The molecule has 1 aromatic carbocycles. The van der Waals surface area contributed by atoms with Gasteiger partial charge in [0.05, 0.1) is 5.57 Å². The SMILES string of the molecule is C=CC(=O)N(C)[C@@H](C)C(=O)NC[C@H]1CCc2cc(/C=C3\C(=O)Nc4ccc(F)cc43)[nH]c2C1.